The summed E-state index contributed by atoms with van der Waals surface area (Å²) in [6.45, 7) is 2.67. The van der Waals surface area contributed by atoms with Gasteiger partial charge in [0.15, 0.2) is 0 Å². The van der Waals surface area contributed by atoms with Crippen LogP contribution < -0.4 is 0 Å². The highest BCUT2D eigenvalue weighted by molar-refractivity contribution is 6.35. The van der Waals surface area contributed by atoms with E-state index in [1.807, 2.05) is 0 Å². The van der Waals surface area contributed by atoms with Crippen molar-refractivity contribution in [3.63, 3.8) is 0 Å². The molecule has 0 N–H and O–H groups in total. The van der Waals surface area contributed by atoms with Gasteiger partial charge in [-0.1, -0.05) is 0 Å². The SMILES string of the molecule is CC(=O)C(=O)N(C)C1CCOCC1. The highest BCUT2D eigenvalue weighted by atomic mass is 16.5. The number of carbonyl (C=O) groups excluding carboxylic acids is 2. The number of rotatable bonds is 2. The second-order valence-corrected chi connectivity index (χ2v) is 3.32. The standard InChI is InChI=1S/C9H15NO3/c1-7(11)9(12)10(2)8-3-5-13-6-4-8/h8H,3-6H2,1-2H3. The molecule has 0 spiro atoms. The van der Waals surface area contributed by atoms with Crippen LogP contribution in [0.3, 0.4) is 0 Å². The van der Waals surface area contributed by atoms with Crippen molar-refractivity contribution >= 4 is 11.7 Å². The van der Waals surface area contributed by atoms with E-state index in [0.29, 0.717) is 13.2 Å². The van der Waals surface area contributed by atoms with Crippen LogP contribution in [0.2, 0.25) is 0 Å². The van der Waals surface area contributed by atoms with Crippen molar-refractivity contribution < 1.29 is 14.3 Å². The lowest BCUT2D eigenvalue weighted by atomic mass is 10.1. The Bertz CT molecular complexity index is 209. The second-order valence-electron chi connectivity index (χ2n) is 3.32. The third kappa shape index (κ3) is 2.52. The summed E-state index contributed by atoms with van der Waals surface area (Å²) in [6.07, 6.45) is 1.66. The zero-order valence-electron chi connectivity index (χ0n) is 8.08. The Hall–Kier alpha value is -0.900. The third-order valence-electron chi connectivity index (χ3n) is 2.36. The van der Waals surface area contributed by atoms with Gasteiger partial charge in [0, 0.05) is 33.2 Å². The Morgan fingerprint density at radius 1 is 1.31 bits per heavy atom. The molecule has 1 aliphatic rings. The van der Waals surface area contributed by atoms with Crippen LogP contribution in [-0.4, -0.2) is 42.9 Å². The second kappa shape index (κ2) is 4.37. The van der Waals surface area contributed by atoms with Gasteiger partial charge in [-0.15, -0.1) is 0 Å². The predicted octanol–water partition coefficient (Wildman–Crippen LogP) is 0.213. The largest absolute Gasteiger partial charge is 0.381 e. The molecule has 1 saturated heterocycles. The molecule has 1 rings (SSSR count). The fraction of sp³-hybridized carbons (Fsp3) is 0.778. The molecule has 1 fully saturated rings. The Balaban J connectivity index is 2.49. The molecule has 0 saturated carbocycles. The molecule has 0 atom stereocenters. The van der Waals surface area contributed by atoms with Crippen LogP contribution in [-0.2, 0) is 14.3 Å². The molecule has 1 aliphatic heterocycles. The molecule has 0 aromatic rings. The molecule has 0 bridgehead atoms. The number of carbonyl (C=O) groups is 2. The highest BCUT2D eigenvalue weighted by Gasteiger charge is 2.24. The van der Waals surface area contributed by atoms with Crippen molar-refractivity contribution in [1.29, 1.82) is 0 Å². The van der Waals surface area contributed by atoms with Crippen LogP contribution in [0.4, 0.5) is 0 Å². The van der Waals surface area contributed by atoms with E-state index in [1.165, 1.54) is 11.8 Å². The van der Waals surface area contributed by atoms with Gasteiger partial charge >= 0.3 is 0 Å². The maximum Gasteiger partial charge on any atom is 0.289 e. The van der Waals surface area contributed by atoms with Gasteiger partial charge in [0.05, 0.1) is 0 Å². The quantitative estimate of drug-likeness (QED) is 0.578. The predicted molar refractivity (Wildman–Crippen MR) is 47.3 cm³/mol. The molecule has 4 heteroatoms. The Kier molecular flexibility index (Phi) is 3.42. The Morgan fingerprint density at radius 3 is 2.31 bits per heavy atom. The lowest BCUT2D eigenvalue weighted by Crippen LogP contribution is -2.43. The van der Waals surface area contributed by atoms with E-state index < -0.39 is 11.7 Å². The van der Waals surface area contributed by atoms with E-state index in [4.69, 9.17) is 4.74 Å². The summed E-state index contributed by atoms with van der Waals surface area (Å²) in [5.74, 6) is -0.791. The van der Waals surface area contributed by atoms with Gasteiger partial charge in [0.25, 0.3) is 5.91 Å². The summed E-state index contributed by atoms with van der Waals surface area (Å²) in [5, 5.41) is 0. The average molecular weight is 185 g/mol. The van der Waals surface area contributed by atoms with Gasteiger partial charge in [-0.05, 0) is 12.8 Å². The van der Waals surface area contributed by atoms with Crippen LogP contribution in [0, 0.1) is 0 Å². The van der Waals surface area contributed by atoms with E-state index in [0.717, 1.165) is 12.8 Å². The van der Waals surface area contributed by atoms with Crippen molar-refractivity contribution in [2.75, 3.05) is 20.3 Å². The first kappa shape index (κ1) is 10.2. The topological polar surface area (TPSA) is 46.6 Å². The first-order chi connectivity index (χ1) is 6.13. The summed E-state index contributed by atoms with van der Waals surface area (Å²) in [6, 6.07) is 0.171. The number of ether oxygens (including phenoxy) is 1. The van der Waals surface area contributed by atoms with Gasteiger partial charge in [-0.25, -0.2) is 0 Å². The number of ketones is 1. The first-order valence-electron chi connectivity index (χ1n) is 4.48. The number of hydrogen-bond donors (Lipinski definition) is 0. The van der Waals surface area contributed by atoms with Crippen molar-refractivity contribution in [3.05, 3.63) is 0 Å². The fourth-order valence-electron chi connectivity index (χ4n) is 1.49. The van der Waals surface area contributed by atoms with Crippen LogP contribution >= 0.6 is 0 Å². The van der Waals surface area contributed by atoms with E-state index >= 15 is 0 Å². The Labute approximate surface area is 77.8 Å². The van der Waals surface area contributed by atoms with Crippen molar-refractivity contribution in [2.24, 2.45) is 0 Å². The monoisotopic (exact) mass is 185 g/mol. The molecular weight excluding hydrogens is 170 g/mol. The molecule has 4 nitrogen and oxygen atoms in total. The van der Waals surface area contributed by atoms with Gasteiger partial charge in [0.1, 0.15) is 0 Å². The van der Waals surface area contributed by atoms with E-state index in [2.05, 4.69) is 0 Å². The Morgan fingerprint density at radius 2 is 1.85 bits per heavy atom. The van der Waals surface area contributed by atoms with Gasteiger partial charge < -0.3 is 9.64 Å². The number of nitrogens with zero attached hydrogens (tertiary/aromatic N) is 1. The van der Waals surface area contributed by atoms with Crippen molar-refractivity contribution in [1.82, 2.24) is 4.90 Å². The molecule has 0 aromatic heterocycles. The van der Waals surface area contributed by atoms with Gasteiger partial charge in [-0.2, -0.15) is 0 Å². The summed E-state index contributed by atoms with van der Waals surface area (Å²) >= 11 is 0. The smallest absolute Gasteiger partial charge is 0.289 e. The zero-order chi connectivity index (χ0) is 9.84. The fourth-order valence-corrected chi connectivity index (χ4v) is 1.49. The van der Waals surface area contributed by atoms with Crippen LogP contribution in [0.5, 0.6) is 0 Å². The van der Waals surface area contributed by atoms with E-state index in [9.17, 15) is 9.59 Å². The molecule has 0 aromatic carbocycles. The molecule has 0 unspecified atom stereocenters. The molecule has 13 heavy (non-hydrogen) atoms. The summed E-state index contributed by atoms with van der Waals surface area (Å²) in [4.78, 5) is 23.6. The minimum absolute atomic E-state index is 0.171. The van der Waals surface area contributed by atoms with Crippen LogP contribution in [0.15, 0.2) is 0 Å². The number of hydrogen-bond acceptors (Lipinski definition) is 3. The van der Waals surface area contributed by atoms with Gasteiger partial charge in [-0.3, -0.25) is 9.59 Å². The van der Waals surface area contributed by atoms with Crippen molar-refractivity contribution in [2.45, 2.75) is 25.8 Å². The van der Waals surface area contributed by atoms with E-state index in [1.54, 1.807) is 7.05 Å². The summed E-state index contributed by atoms with van der Waals surface area (Å²) < 4.78 is 5.17. The number of likely N-dealkylation sites (N-methyl/N-ethyl adjacent to an activating group) is 1. The van der Waals surface area contributed by atoms with Crippen molar-refractivity contribution in [3.8, 4) is 0 Å². The molecular formula is C9H15NO3. The lowest BCUT2D eigenvalue weighted by molar-refractivity contribution is -0.145. The highest BCUT2D eigenvalue weighted by Crippen LogP contribution is 2.12. The zero-order valence-corrected chi connectivity index (χ0v) is 8.08. The minimum Gasteiger partial charge on any atom is -0.381 e. The number of Topliss-reactive ketones (excluding diaryl/α,β-unsaturated/α-hetero) is 1. The molecule has 0 aliphatic carbocycles. The minimum atomic E-state index is -0.396. The first-order valence-corrected chi connectivity index (χ1v) is 4.48. The molecule has 0 radical (unpaired) electrons. The van der Waals surface area contributed by atoms with Crippen LogP contribution in [0.25, 0.3) is 0 Å². The molecule has 1 amide bonds. The van der Waals surface area contributed by atoms with Crippen LogP contribution in [0.1, 0.15) is 19.8 Å². The summed E-state index contributed by atoms with van der Waals surface area (Å²) in [5.41, 5.74) is 0. The number of amides is 1. The maximum atomic E-state index is 11.3. The maximum absolute atomic E-state index is 11.3. The lowest BCUT2D eigenvalue weighted by Gasteiger charge is -2.30. The summed E-state index contributed by atoms with van der Waals surface area (Å²) in [7, 11) is 1.68. The van der Waals surface area contributed by atoms with Gasteiger partial charge in [0.2, 0.25) is 5.78 Å². The molecule has 74 valence electrons. The molecule has 1 heterocycles. The average Bonchev–Trinajstić information content (AvgIpc) is 2.17. The van der Waals surface area contributed by atoms with E-state index in [-0.39, 0.29) is 6.04 Å². The third-order valence-corrected chi connectivity index (χ3v) is 2.36. The normalized spacial score (nSPS) is 18.3.